The van der Waals surface area contributed by atoms with E-state index in [-0.39, 0.29) is 41.3 Å². The minimum absolute atomic E-state index is 0.0376. The van der Waals surface area contributed by atoms with Crippen LogP contribution in [-0.4, -0.2) is 44.4 Å². The number of esters is 1. The van der Waals surface area contributed by atoms with Crippen LogP contribution in [0.3, 0.4) is 0 Å². The molecule has 1 atom stereocenters. The number of aryl methyl sites for hydroxylation is 2. The van der Waals surface area contributed by atoms with Gasteiger partial charge in [0.25, 0.3) is 5.56 Å². The molecular weight excluding hydrogens is 496 g/mol. The van der Waals surface area contributed by atoms with Crippen molar-refractivity contribution in [3.8, 4) is 11.8 Å². The number of hydrogen-bond acceptors (Lipinski definition) is 9. The number of nitriles is 1. The summed E-state index contributed by atoms with van der Waals surface area (Å²) in [4.78, 5) is 44.2. The lowest BCUT2D eigenvalue weighted by molar-refractivity contribution is -0.119. The van der Waals surface area contributed by atoms with E-state index in [1.165, 1.54) is 21.8 Å². The van der Waals surface area contributed by atoms with Crippen LogP contribution in [0.4, 0.5) is 5.82 Å². The number of hydrogen-bond donors (Lipinski definition) is 1. The highest BCUT2D eigenvalue weighted by atomic mass is 32.1. The van der Waals surface area contributed by atoms with E-state index in [1.807, 2.05) is 24.3 Å². The van der Waals surface area contributed by atoms with Crippen molar-refractivity contribution in [1.82, 2.24) is 19.3 Å². The van der Waals surface area contributed by atoms with Gasteiger partial charge in [-0.2, -0.15) is 10.4 Å². The number of nitrogens with zero attached hydrogens (tertiary/aromatic N) is 5. The predicted octanol–water partition coefficient (Wildman–Crippen LogP) is 3.20. The number of fused-ring (bicyclic) bond motifs is 1. The van der Waals surface area contributed by atoms with Crippen LogP contribution >= 0.6 is 11.3 Å². The number of anilines is 1. The monoisotopic (exact) mass is 520 g/mol. The summed E-state index contributed by atoms with van der Waals surface area (Å²) in [6.07, 6.45) is 2.93. The first-order valence-corrected chi connectivity index (χ1v) is 12.3. The van der Waals surface area contributed by atoms with E-state index in [4.69, 9.17) is 9.47 Å². The minimum Gasteiger partial charge on any atom is -0.490 e. The van der Waals surface area contributed by atoms with E-state index in [9.17, 15) is 19.6 Å². The molecule has 1 unspecified atom stereocenters. The number of nitrogens with one attached hydrogen (secondary N) is 1. The molecule has 0 fully saturated rings. The summed E-state index contributed by atoms with van der Waals surface area (Å²) in [5.41, 5.74) is 0.199. The van der Waals surface area contributed by atoms with E-state index in [1.54, 1.807) is 33.0 Å². The molecule has 37 heavy (non-hydrogen) atoms. The second-order valence-electron chi connectivity index (χ2n) is 8.05. The summed E-state index contributed by atoms with van der Waals surface area (Å²) in [7, 11) is 1.60. The number of amides is 1. The summed E-state index contributed by atoms with van der Waals surface area (Å²) in [5.74, 6) is -0.158. The number of thiophene rings is 1. The molecule has 0 bridgehead atoms. The molecule has 0 spiro atoms. The van der Waals surface area contributed by atoms with Crippen molar-refractivity contribution in [3.05, 3.63) is 69.2 Å². The van der Waals surface area contributed by atoms with E-state index < -0.39 is 23.5 Å². The molecule has 0 saturated carbocycles. The van der Waals surface area contributed by atoms with Crippen molar-refractivity contribution in [3.63, 3.8) is 0 Å². The molecule has 1 N–H and O–H groups in total. The maximum absolute atomic E-state index is 13.4. The molecule has 4 rings (SSSR count). The van der Waals surface area contributed by atoms with Crippen molar-refractivity contribution in [2.24, 2.45) is 7.05 Å². The lowest BCUT2D eigenvalue weighted by Gasteiger charge is -2.17. The van der Waals surface area contributed by atoms with Gasteiger partial charge in [0.1, 0.15) is 52.2 Å². The molecule has 1 amide bonds. The Morgan fingerprint density at radius 1 is 1.24 bits per heavy atom. The normalized spacial score (nSPS) is 11.6. The smallest absolute Gasteiger partial charge is 0.348 e. The SMILES string of the molecule is CCC(C(=O)Nc1c(C#N)cnn1C)n1cnc2sc(C(=O)OCCOc3ccccc3)c(C)c2c1=O. The second kappa shape index (κ2) is 11.0. The summed E-state index contributed by atoms with van der Waals surface area (Å²) < 4.78 is 13.5. The van der Waals surface area contributed by atoms with Crippen molar-refractivity contribution in [1.29, 1.82) is 5.26 Å². The lowest BCUT2D eigenvalue weighted by atomic mass is 10.1. The Hall–Kier alpha value is -4.50. The molecule has 0 saturated heterocycles. The number of carbonyl (C=O) groups excluding carboxylic acids is 2. The molecule has 0 aliphatic carbocycles. The van der Waals surface area contributed by atoms with Gasteiger partial charge in [-0.25, -0.2) is 9.78 Å². The first-order chi connectivity index (χ1) is 17.8. The largest absolute Gasteiger partial charge is 0.490 e. The Labute approximate surface area is 215 Å². The third-order valence-electron chi connectivity index (χ3n) is 5.72. The van der Waals surface area contributed by atoms with Gasteiger partial charge in [0, 0.05) is 7.05 Å². The van der Waals surface area contributed by atoms with Crippen LogP contribution in [0.2, 0.25) is 0 Å². The zero-order chi connectivity index (χ0) is 26.5. The van der Waals surface area contributed by atoms with Gasteiger partial charge in [-0.3, -0.25) is 18.8 Å². The molecule has 3 heterocycles. The highest BCUT2D eigenvalue weighted by molar-refractivity contribution is 7.20. The van der Waals surface area contributed by atoms with Gasteiger partial charge < -0.3 is 14.8 Å². The Kier molecular flexibility index (Phi) is 7.64. The van der Waals surface area contributed by atoms with Crippen LogP contribution in [0.5, 0.6) is 5.75 Å². The molecule has 11 nitrogen and oxygen atoms in total. The molecular formula is C25H24N6O5S. The Morgan fingerprint density at radius 3 is 2.70 bits per heavy atom. The van der Waals surface area contributed by atoms with Gasteiger partial charge in [0.2, 0.25) is 5.91 Å². The van der Waals surface area contributed by atoms with Crippen LogP contribution in [0.25, 0.3) is 10.2 Å². The van der Waals surface area contributed by atoms with E-state index in [0.29, 0.717) is 16.1 Å². The quantitative estimate of drug-likeness (QED) is 0.262. The van der Waals surface area contributed by atoms with E-state index >= 15 is 0 Å². The van der Waals surface area contributed by atoms with Gasteiger partial charge >= 0.3 is 5.97 Å². The minimum atomic E-state index is -0.893. The third-order valence-corrected chi connectivity index (χ3v) is 6.90. The topological polar surface area (TPSA) is 141 Å². The first-order valence-electron chi connectivity index (χ1n) is 11.4. The van der Waals surface area contributed by atoms with Gasteiger partial charge in [0.15, 0.2) is 0 Å². The van der Waals surface area contributed by atoms with Gasteiger partial charge in [-0.1, -0.05) is 25.1 Å². The maximum Gasteiger partial charge on any atom is 0.348 e. The predicted molar refractivity (Wildman–Crippen MR) is 137 cm³/mol. The summed E-state index contributed by atoms with van der Waals surface area (Å²) in [6.45, 7) is 3.63. The Morgan fingerprint density at radius 2 is 2.00 bits per heavy atom. The average Bonchev–Trinajstić information content (AvgIpc) is 3.43. The van der Waals surface area contributed by atoms with Gasteiger partial charge in [-0.15, -0.1) is 11.3 Å². The van der Waals surface area contributed by atoms with Gasteiger partial charge in [-0.05, 0) is 31.0 Å². The Bertz CT molecular complexity index is 1550. The fourth-order valence-electron chi connectivity index (χ4n) is 3.81. The number of para-hydroxylation sites is 1. The zero-order valence-corrected chi connectivity index (χ0v) is 21.2. The molecule has 4 aromatic rings. The molecule has 1 aromatic carbocycles. The number of aromatic nitrogens is 4. The van der Waals surface area contributed by atoms with Gasteiger partial charge in [0.05, 0.1) is 17.9 Å². The molecule has 3 aromatic heterocycles. The van der Waals surface area contributed by atoms with Crippen molar-refractivity contribution >= 4 is 39.2 Å². The van der Waals surface area contributed by atoms with Crippen LogP contribution in [0.15, 0.2) is 47.7 Å². The molecule has 0 aliphatic rings. The van der Waals surface area contributed by atoms with Crippen LogP contribution < -0.4 is 15.6 Å². The second-order valence-corrected chi connectivity index (χ2v) is 9.05. The Balaban J connectivity index is 1.53. The maximum atomic E-state index is 13.4. The fourth-order valence-corrected chi connectivity index (χ4v) is 4.84. The standard InChI is InChI=1S/C25H24N6O5S/c1-4-18(22(32)29-21-16(12-26)13-28-30(21)3)31-14-27-23-19(24(31)33)15(2)20(37-23)25(34)36-11-10-35-17-8-6-5-7-9-17/h5-9,13-14,18H,4,10-11H2,1-3H3,(H,29,32). The average molecular weight is 521 g/mol. The summed E-state index contributed by atoms with van der Waals surface area (Å²) in [6, 6.07) is 10.2. The first kappa shape index (κ1) is 25.6. The zero-order valence-electron chi connectivity index (χ0n) is 20.4. The summed E-state index contributed by atoms with van der Waals surface area (Å²) >= 11 is 1.06. The highest BCUT2D eigenvalue weighted by Crippen LogP contribution is 2.28. The summed E-state index contributed by atoms with van der Waals surface area (Å²) in [5, 5.41) is 16.2. The third kappa shape index (κ3) is 5.22. The number of ether oxygens (including phenoxy) is 2. The lowest BCUT2D eigenvalue weighted by Crippen LogP contribution is -2.33. The van der Waals surface area contributed by atoms with Crippen LogP contribution in [0, 0.1) is 18.3 Å². The number of benzene rings is 1. The molecule has 12 heteroatoms. The molecule has 0 radical (unpaired) electrons. The van der Waals surface area contributed by atoms with Crippen molar-refractivity contribution in [2.45, 2.75) is 26.3 Å². The highest BCUT2D eigenvalue weighted by Gasteiger charge is 2.26. The fraction of sp³-hybridized carbons (Fsp3) is 0.280. The van der Waals surface area contributed by atoms with Crippen molar-refractivity contribution in [2.75, 3.05) is 18.5 Å². The number of rotatable bonds is 9. The van der Waals surface area contributed by atoms with Crippen molar-refractivity contribution < 1.29 is 19.1 Å². The number of carbonyl (C=O) groups is 2. The van der Waals surface area contributed by atoms with E-state index in [2.05, 4.69) is 15.4 Å². The van der Waals surface area contributed by atoms with Crippen LogP contribution in [0.1, 0.15) is 40.2 Å². The van der Waals surface area contributed by atoms with Crippen LogP contribution in [-0.2, 0) is 16.6 Å². The van der Waals surface area contributed by atoms with E-state index in [0.717, 1.165) is 11.3 Å². The molecule has 190 valence electrons. The molecule has 0 aliphatic heterocycles.